The third kappa shape index (κ3) is 3.01. The first-order valence-corrected chi connectivity index (χ1v) is 7.17. The molecule has 1 heterocycles. The first-order chi connectivity index (χ1) is 10.6. The Bertz CT molecular complexity index is 795. The lowest BCUT2D eigenvalue weighted by atomic mass is 10.1. The number of halogens is 1. The number of aromatic nitrogens is 1. The van der Waals surface area contributed by atoms with Crippen molar-refractivity contribution in [3.05, 3.63) is 71.7 Å². The lowest BCUT2D eigenvalue weighted by molar-refractivity contribution is -0.129. The van der Waals surface area contributed by atoms with Crippen molar-refractivity contribution >= 4 is 16.8 Å². The molecule has 0 unspecified atom stereocenters. The number of aromatic amines is 1. The van der Waals surface area contributed by atoms with Crippen LogP contribution in [0.4, 0.5) is 4.39 Å². The van der Waals surface area contributed by atoms with Gasteiger partial charge in [0.15, 0.2) is 0 Å². The highest BCUT2D eigenvalue weighted by Gasteiger charge is 2.13. The third-order valence-corrected chi connectivity index (χ3v) is 3.76. The second kappa shape index (κ2) is 6.02. The average molecular weight is 296 g/mol. The third-order valence-electron chi connectivity index (χ3n) is 3.76. The number of rotatable bonds is 4. The van der Waals surface area contributed by atoms with Crippen LogP contribution in [0.2, 0.25) is 0 Å². The van der Waals surface area contributed by atoms with E-state index in [0.717, 1.165) is 22.0 Å². The number of amides is 1. The van der Waals surface area contributed by atoms with E-state index < -0.39 is 0 Å². The van der Waals surface area contributed by atoms with Gasteiger partial charge < -0.3 is 9.88 Å². The van der Waals surface area contributed by atoms with Gasteiger partial charge >= 0.3 is 0 Å². The van der Waals surface area contributed by atoms with E-state index in [1.54, 1.807) is 24.2 Å². The lowest BCUT2D eigenvalue weighted by Gasteiger charge is -2.17. The fourth-order valence-electron chi connectivity index (χ4n) is 2.54. The van der Waals surface area contributed by atoms with Crippen molar-refractivity contribution < 1.29 is 9.18 Å². The second-order valence-corrected chi connectivity index (χ2v) is 5.42. The molecule has 0 aliphatic carbocycles. The quantitative estimate of drug-likeness (QED) is 0.786. The Balaban J connectivity index is 1.74. The summed E-state index contributed by atoms with van der Waals surface area (Å²) in [5.74, 6) is -0.285. The zero-order valence-corrected chi connectivity index (χ0v) is 12.3. The van der Waals surface area contributed by atoms with Crippen molar-refractivity contribution in [3.8, 4) is 0 Å². The fourth-order valence-corrected chi connectivity index (χ4v) is 2.54. The van der Waals surface area contributed by atoms with Crippen LogP contribution in [0.25, 0.3) is 10.9 Å². The van der Waals surface area contributed by atoms with Gasteiger partial charge in [0.05, 0.1) is 6.42 Å². The molecule has 0 bridgehead atoms. The van der Waals surface area contributed by atoms with E-state index in [4.69, 9.17) is 0 Å². The molecule has 3 nitrogen and oxygen atoms in total. The monoisotopic (exact) mass is 296 g/mol. The fraction of sp³-hybridized carbons (Fsp3) is 0.167. The topological polar surface area (TPSA) is 36.1 Å². The van der Waals surface area contributed by atoms with E-state index in [1.807, 2.05) is 30.3 Å². The van der Waals surface area contributed by atoms with Gasteiger partial charge in [0, 0.05) is 30.7 Å². The normalized spacial score (nSPS) is 10.8. The molecule has 0 radical (unpaired) electrons. The Hall–Kier alpha value is -2.62. The zero-order valence-electron chi connectivity index (χ0n) is 12.3. The number of carbonyl (C=O) groups is 1. The van der Waals surface area contributed by atoms with Crippen molar-refractivity contribution in [2.75, 3.05) is 7.05 Å². The second-order valence-electron chi connectivity index (χ2n) is 5.42. The molecule has 0 spiro atoms. The molecule has 112 valence electrons. The average Bonchev–Trinajstić information content (AvgIpc) is 2.90. The Morgan fingerprint density at radius 1 is 1.18 bits per heavy atom. The van der Waals surface area contributed by atoms with E-state index in [2.05, 4.69) is 4.98 Å². The summed E-state index contributed by atoms with van der Waals surface area (Å²) >= 11 is 0. The first kappa shape index (κ1) is 14.3. The molecule has 0 saturated heterocycles. The molecule has 0 aliphatic heterocycles. The molecule has 0 aliphatic rings. The number of H-pyrrole nitrogens is 1. The van der Waals surface area contributed by atoms with E-state index in [0.29, 0.717) is 6.54 Å². The summed E-state index contributed by atoms with van der Waals surface area (Å²) in [7, 11) is 1.78. The summed E-state index contributed by atoms with van der Waals surface area (Å²) in [5.41, 5.74) is 2.75. The van der Waals surface area contributed by atoms with Gasteiger partial charge in [0.1, 0.15) is 5.82 Å². The predicted octanol–water partition coefficient (Wildman–Crippen LogP) is 3.51. The molecule has 0 fully saturated rings. The van der Waals surface area contributed by atoms with Gasteiger partial charge in [-0.05, 0) is 29.3 Å². The number of hydrogen-bond donors (Lipinski definition) is 1. The standard InChI is InChI=1S/C18H17FN2O/c1-21(12-13-5-3-2-4-6-13)18(22)9-14-11-20-17-8-7-15(19)10-16(14)17/h2-8,10-11,20H,9,12H2,1H3. The van der Waals surface area contributed by atoms with E-state index in [-0.39, 0.29) is 18.1 Å². The molecular weight excluding hydrogens is 279 g/mol. The Labute approximate surface area is 128 Å². The van der Waals surface area contributed by atoms with Crippen molar-refractivity contribution in [1.82, 2.24) is 9.88 Å². The van der Waals surface area contributed by atoms with Gasteiger partial charge in [0.25, 0.3) is 0 Å². The summed E-state index contributed by atoms with van der Waals surface area (Å²) < 4.78 is 13.4. The molecular formula is C18H17FN2O. The first-order valence-electron chi connectivity index (χ1n) is 7.17. The van der Waals surface area contributed by atoms with Crippen molar-refractivity contribution in [2.45, 2.75) is 13.0 Å². The number of nitrogens with one attached hydrogen (secondary N) is 1. The number of benzene rings is 2. The van der Waals surface area contributed by atoms with Gasteiger partial charge in [0.2, 0.25) is 5.91 Å². The molecule has 4 heteroatoms. The van der Waals surface area contributed by atoms with Crippen LogP contribution in [-0.4, -0.2) is 22.8 Å². The molecule has 1 amide bonds. The largest absolute Gasteiger partial charge is 0.361 e. The number of likely N-dealkylation sites (N-methyl/N-ethyl adjacent to an activating group) is 1. The maximum absolute atomic E-state index is 13.4. The molecule has 3 rings (SSSR count). The van der Waals surface area contributed by atoms with Crippen molar-refractivity contribution in [2.24, 2.45) is 0 Å². The van der Waals surface area contributed by atoms with Gasteiger partial charge in [-0.2, -0.15) is 0 Å². The molecule has 0 saturated carbocycles. The Kier molecular flexibility index (Phi) is 3.92. The summed E-state index contributed by atoms with van der Waals surface area (Å²) in [6, 6.07) is 14.4. The molecule has 22 heavy (non-hydrogen) atoms. The van der Waals surface area contributed by atoms with Gasteiger partial charge in [-0.3, -0.25) is 4.79 Å². The van der Waals surface area contributed by atoms with Crippen LogP contribution in [0.1, 0.15) is 11.1 Å². The minimum Gasteiger partial charge on any atom is -0.361 e. The highest BCUT2D eigenvalue weighted by molar-refractivity contribution is 5.88. The summed E-state index contributed by atoms with van der Waals surface area (Å²) in [5, 5.41) is 0.765. The molecule has 1 N–H and O–H groups in total. The van der Waals surface area contributed by atoms with Crippen LogP contribution in [0.15, 0.2) is 54.7 Å². The Morgan fingerprint density at radius 2 is 1.95 bits per heavy atom. The van der Waals surface area contributed by atoms with Crippen LogP contribution in [-0.2, 0) is 17.8 Å². The molecule has 3 aromatic rings. The lowest BCUT2D eigenvalue weighted by Crippen LogP contribution is -2.27. The number of hydrogen-bond acceptors (Lipinski definition) is 1. The highest BCUT2D eigenvalue weighted by Crippen LogP contribution is 2.20. The van der Waals surface area contributed by atoms with Gasteiger partial charge in [-0.25, -0.2) is 4.39 Å². The zero-order chi connectivity index (χ0) is 15.5. The highest BCUT2D eigenvalue weighted by atomic mass is 19.1. The van der Waals surface area contributed by atoms with Crippen LogP contribution < -0.4 is 0 Å². The van der Waals surface area contributed by atoms with Crippen molar-refractivity contribution in [1.29, 1.82) is 0 Å². The maximum atomic E-state index is 13.4. The van der Waals surface area contributed by atoms with Crippen LogP contribution in [0.5, 0.6) is 0 Å². The van der Waals surface area contributed by atoms with Crippen LogP contribution in [0.3, 0.4) is 0 Å². The summed E-state index contributed by atoms with van der Waals surface area (Å²) in [6.07, 6.45) is 2.03. The van der Waals surface area contributed by atoms with E-state index in [9.17, 15) is 9.18 Å². The van der Waals surface area contributed by atoms with E-state index >= 15 is 0 Å². The number of fused-ring (bicyclic) bond motifs is 1. The molecule has 0 atom stereocenters. The van der Waals surface area contributed by atoms with Crippen LogP contribution in [0, 0.1) is 5.82 Å². The van der Waals surface area contributed by atoms with E-state index in [1.165, 1.54) is 12.1 Å². The maximum Gasteiger partial charge on any atom is 0.227 e. The van der Waals surface area contributed by atoms with Gasteiger partial charge in [-0.1, -0.05) is 30.3 Å². The predicted molar refractivity (Wildman–Crippen MR) is 84.9 cm³/mol. The molecule has 2 aromatic carbocycles. The number of carbonyl (C=O) groups excluding carboxylic acids is 1. The van der Waals surface area contributed by atoms with Crippen molar-refractivity contribution in [3.63, 3.8) is 0 Å². The number of nitrogens with zero attached hydrogens (tertiary/aromatic N) is 1. The summed E-state index contributed by atoms with van der Waals surface area (Å²) in [4.78, 5) is 17.1. The molecule has 1 aromatic heterocycles. The smallest absolute Gasteiger partial charge is 0.227 e. The SMILES string of the molecule is CN(Cc1ccccc1)C(=O)Cc1c[nH]c2ccc(F)cc12. The minimum atomic E-state index is -0.293. The van der Waals surface area contributed by atoms with Gasteiger partial charge in [-0.15, -0.1) is 0 Å². The Morgan fingerprint density at radius 3 is 2.73 bits per heavy atom. The summed E-state index contributed by atoms with van der Waals surface area (Å²) in [6.45, 7) is 0.566. The minimum absolute atomic E-state index is 0.00835. The van der Waals surface area contributed by atoms with Crippen LogP contribution >= 0.6 is 0 Å².